The van der Waals surface area contributed by atoms with Crippen LogP contribution in [0.15, 0.2) is 71.0 Å². The van der Waals surface area contributed by atoms with Gasteiger partial charge in [0.1, 0.15) is 0 Å². The monoisotopic (exact) mass is 447 g/mol. The summed E-state index contributed by atoms with van der Waals surface area (Å²) in [6.07, 6.45) is 0.801. The van der Waals surface area contributed by atoms with Gasteiger partial charge in [0.15, 0.2) is 0 Å². The van der Waals surface area contributed by atoms with E-state index < -0.39 is 0 Å². The average molecular weight is 448 g/mol. The maximum Gasteiger partial charge on any atom is 0.255 e. The molecule has 0 radical (unpaired) electrons. The number of allylic oxidation sites excluding steroid dienone is 1. The topological polar surface area (TPSA) is 71.8 Å². The highest BCUT2D eigenvalue weighted by Crippen LogP contribution is 2.36. The summed E-state index contributed by atoms with van der Waals surface area (Å²) in [5, 5.41) is 11.8. The Kier molecular flexibility index (Phi) is 6.65. The summed E-state index contributed by atoms with van der Waals surface area (Å²) in [4.78, 5) is 18.0. The number of thioether (sulfide) groups is 1. The third kappa shape index (κ3) is 5.05. The molecular formula is C25H29N5OS. The molecule has 0 aliphatic carbocycles. The molecule has 0 spiro atoms. The van der Waals surface area contributed by atoms with Gasteiger partial charge in [-0.15, -0.1) is 5.10 Å². The third-order valence-electron chi connectivity index (χ3n) is 5.36. The van der Waals surface area contributed by atoms with Crippen LogP contribution in [0.25, 0.3) is 0 Å². The summed E-state index contributed by atoms with van der Waals surface area (Å²) in [5.41, 5.74) is 4.79. The highest BCUT2D eigenvalue weighted by Gasteiger charge is 2.33. The lowest BCUT2D eigenvalue weighted by Crippen LogP contribution is -2.31. The van der Waals surface area contributed by atoms with E-state index >= 15 is 0 Å². The molecule has 1 aliphatic heterocycles. The molecule has 4 rings (SSSR count). The summed E-state index contributed by atoms with van der Waals surface area (Å²) in [5.74, 6) is 1.78. The lowest BCUT2D eigenvalue weighted by atomic mass is 9.94. The molecule has 166 valence electrons. The molecule has 2 N–H and O–H groups in total. The normalized spacial score (nSPS) is 15.5. The molecule has 1 aromatic heterocycles. The van der Waals surface area contributed by atoms with Crippen molar-refractivity contribution in [1.29, 1.82) is 0 Å². The number of nitrogens with one attached hydrogen (secondary N) is 2. The van der Waals surface area contributed by atoms with Crippen molar-refractivity contribution in [1.82, 2.24) is 14.8 Å². The van der Waals surface area contributed by atoms with Crippen molar-refractivity contribution in [3.05, 3.63) is 77.0 Å². The van der Waals surface area contributed by atoms with Crippen molar-refractivity contribution in [2.24, 2.45) is 5.92 Å². The Balaban J connectivity index is 1.58. The Labute approximate surface area is 193 Å². The Morgan fingerprint density at radius 3 is 2.66 bits per heavy atom. The Hall–Kier alpha value is -3.06. The predicted octanol–water partition coefficient (Wildman–Crippen LogP) is 5.80. The number of aromatic nitrogens is 3. The highest BCUT2D eigenvalue weighted by atomic mass is 32.2. The van der Waals surface area contributed by atoms with Gasteiger partial charge in [0, 0.05) is 17.1 Å². The van der Waals surface area contributed by atoms with Gasteiger partial charge in [-0.2, -0.15) is 4.98 Å². The van der Waals surface area contributed by atoms with Crippen molar-refractivity contribution >= 4 is 29.3 Å². The first-order valence-corrected chi connectivity index (χ1v) is 11.9. The number of nitrogens with zero attached hydrogens (tertiary/aromatic N) is 3. The minimum Gasteiger partial charge on any atom is -0.328 e. The fourth-order valence-electron chi connectivity index (χ4n) is 3.93. The number of hydrogen-bond donors (Lipinski definition) is 2. The predicted molar refractivity (Wildman–Crippen MR) is 131 cm³/mol. The number of benzene rings is 2. The molecule has 2 aromatic carbocycles. The van der Waals surface area contributed by atoms with Gasteiger partial charge >= 0.3 is 0 Å². The molecule has 0 saturated carbocycles. The molecule has 32 heavy (non-hydrogen) atoms. The van der Waals surface area contributed by atoms with E-state index in [4.69, 9.17) is 10.1 Å². The SMILES string of the molecule is CC1=C(C(=O)Nc2ccccc2)C(CC(C)C)n2nc(SCc3cccc(C)c3)nc2N1. The van der Waals surface area contributed by atoms with Crippen LogP contribution in [0, 0.1) is 12.8 Å². The van der Waals surface area contributed by atoms with Crippen molar-refractivity contribution in [3.63, 3.8) is 0 Å². The van der Waals surface area contributed by atoms with Gasteiger partial charge in [0.05, 0.1) is 11.6 Å². The number of amides is 1. The van der Waals surface area contributed by atoms with Gasteiger partial charge < -0.3 is 10.6 Å². The van der Waals surface area contributed by atoms with Gasteiger partial charge in [-0.05, 0) is 43.9 Å². The Morgan fingerprint density at radius 1 is 1.16 bits per heavy atom. The summed E-state index contributed by atoms with van der Waals surface area (Å²) in [7, 11) is 0. The van der Waals surface area contributed by atoms with Crippen LogP contribution in [0.3, 0.4) is 0 Å². The molecular weight excluding hydrogens is 418 g/mol. The number of carbonyl (C=O) groups excluding carboxylic acids is 1. The van der Waals surface area contributed by atoms with Crippen molar-refractivity contribution in [2.45, 2.75) is 51.1 Å². The minimum atomic E-state index is -0.171. The number of para-hydroxylation sites is 1. The number of rotatable bonds is 7. The lowest BCUT2D eigenvalue weighted by molar-refractivity contribution is -0.113. The van der Waals surface area contributed by atoms with E-state index in [0.29, 0.717) is 22.6 Å². The molecule has 1 aliphatic rings. The standard InChI is InChI=1S/C25H29N5OS/c1-16(2)13-21-22(23(31)27-20-11-6-5-7-12-20)18(4)26-24-28-25(29-30(21)24)32-15-19-10-8-9-17(3)14-19/h5-12,14,16,21H,13,15H2,1-4H3,(H,27,31)(H,26,28,29). The first-order chi connectivity index (χ1) is 15.4. The molecule has 1 unspecified atom stereocenters. The van der Waals surface area contributed by atoms with Crippen molar-refractivity contribution < 1.29 is 4.79 Å². The first-order valence-electron chi connectivity index (χ1n) is 10.9. The zero-order valence-electron chi connectivity index (χ0n) is 18.9. The molecule has 0 fully saturated rings. The zero-order valence-corrected chi connectivity index (χ0v) is 19.7. The van der Waals surface area contributed by atoms with Crippen LogP contribution >= 0.6 is 11.8 Å². The number of carbonyl (C=O) groups is 1. The first kappa shape index (κ1) is 22.1. The van der Waals surface area contributed by atoms with Gasteiger partial charge in [0.2, 0.25) is 11.1 Å². The summed E-state index contributed by atoms with van der Waals surface area (Å²) in [6, 6.07) is 17.8. The maximum atomic E-state index is 13.3. The second-order valence-electron chi connectivity index (χ2n) is 8.57. The van der Waals surface area contributed by atoms with E-state index in [1.165, 1.54) is 11.1 Å². The smallest absolute Gasteiger partial charge is 0.255 e. The van der Waals surface area contributed by atoms with Crippen LogP contribution in [0.4, 0.5) is 11.6 Å². The van der Waals surface area contributed by atoms with Crippen LogP contribution in [0.1, 0.15) is 44.4 Å². The van der Waals surface area contributed by atoms with E-state index in [0.717, 1.165) is 23.6 Å². The number of anilines is 2. The van der Waals surface area contributed by atoms with E-state index in [-0.39, 0.29) is 11.9 Å². The summed E-state index contributed by atoms with van der Waals surface area (Å²) >= 11 is 1.61. The molecule has 2 heterocycles. The highest BCUT2D eigenvalue weighted by molar-refractivity contribution is 7.98. The fourth-order valence-corrected chi connectivity index (χ4v) is 4.70. The lowest BCUT2D eigenvalue weighted by Gasteiger charge is -2.29. The van der Waals surface area contributed by atoms with Gasteiger partial charge in [-0.3, -0.25) is 4.79 Å². The van der Waals surface area contributed by atoms with E-state index in [1.807, 2.05) is 41.9 Å². The van der Waals surface area contributed by atoms with E-state index in [9.17, 15) is 4.79 Å². The number of fused-ring (bicyclic) bond motifs is 1. The Bertz CT molecular complexity index is 1140. The van der Waals surface area contributed by atoms with Crippen LogP contribution < -0.4 is 10.6 Å². The van der Waals surface area contributed by atoms with Gasteiger partial charge in [0.25, 0.3) is 5.91 Å². The molecule has 0 saturated heterocycles. The van der Waals surface area contributed by atoms with Gasteiger partial charge in [-0.1, -0.05) is 73.6 Å². The van der Waals surface area contributed by atoms with Crippen molar-refractivity contribution in [3.8, 4) is 0 Å². The largest absolute Gasteiger partial charge is 0.328 e. The van der Waals surface area contributed by atoms with Crippen LogP contribution in [0.5, 0.6) is 0 Å². The second-order valence-corrected chi connectivity index (χ2v) is 9.51. The summed E-state index contributed by atoms with van der Waals surface area (Å²) < 4.78 is 1.88. The van der Waals surface area contributed by atoms with Crippen molar-refractivity contribution in [2.75, 3.05) is 10.6 Å². The van der Waals surface area contributed by atoms with E-state index in [2.05, 4.69) is 55.7 Å². The quantitative estimate of drug-likeness (QED) is 0.448. The molecule has 0 bridgehead atoms. The van der Waals surface area contributed by atoms with Crippen LogP contribution in [-0.2, 0) is 10.5 Å². The zero-order chi connectivity index (χ0) is 22.7. The van der Waals surface area contributed by atoms with E-state index in [1.54, 1.807) is 11.8 Å². The molecule has 1 atom stereocenters. The second kappa shape index (κ2) is 9.61. The molecule has 3 aromatic rings. The fraction of sp³-hybridized carbons (Fsp3) is 0.320. The molecule has 6 nitrogen and oxygen atoms in total. The average Bonchev–Trinajstić information content (AvgIpc) is 3.15. The number of hydrogen-bond acceptors (Lipinski definition) is 5. The van der Waals surface area contributed by atoms with Gasteiger partial charge in [-0.25, -0.2) is 4.68 Å². The van der Waals surface area contributed by atoms with Crippen LogP contribution in [0.2, 0.25) is 0 Å². The molecule has 1 amide bonds. The van der Waals surface area contributed by atoms with Crippen LogP contribution in [-0.4, -0.2) is 20.7 Å². The maximum absolute atomic E-state index is 13.3. The third-order valence-corrected chi connectivity index (χ3v) is 6.27. The molecule has 7 heteroatoms. The minimum absolute atomic E-state index is 0.109. The number of aryl methyl sites for hydroxylation is 1. The summed E-state index contributed by atoms with van der Waals surface area (Å²) in [6.45, 7) is 8.35. The Morgan fingerprint density at radius 2 is 1.94 bits per heavy atom.